The molecule has 1 aromatic heterocycles. The van der Waals surface area contributed by atoms with Crippen LogP contribution >= 0.6 is 0 Å². The molecule has 0 atom stereocenters. The summed E-state index contributed by atoms with van der Waals surface area (Å²) >= 11 is 0. The van der Waals surface area contributed by atoms with Gasteiger partial charge >= 0.3 is 12.0 Å². The molecule has 10 nitrogen and oxygen atoms in total. The van der Waals surface area contributed by atoms with E-state index in [4.69, 9.17) is 0 Å². The highest BCUT2D eigenvalue weighted by atomic mass is 16.5. The van der Waals surface area contributed by atoms with E-state index >= 15 is 0 Å². The zero-order chi connectivity index (χ0) is 18.4. The van der Waals surface area contributed by atoms with Gasteiger partial charge in [0.2, 0.25) is 0 Å². The molecule has 25 heavy (non-hydrogen) atoms. The summed E-state index contributed by atoms with van der Waals surface area (Å²) in [6.07, 6.45) is 0. The van der Waals surface area contributed by atoms with Crippen molar-refractivity contribution in [2.75, 3.05) is 34.3 Å². The Bertz CT molecular complexity index is 785. The molecule has 134 valence electrons. The molecule has 0 unspecified atom stereocenters. The number of amides is 3. The van der Waals surface area contributed by atoms with Gasteiger partial charge in [-0.25, -0.2) is 9.48 Å². The van der Waals surface area contributed by atoms with Crippen LogP contribution in [0.2, 0.25) is 0 Å². The number of carbonyl (C=O) groups is 3. The largest absolute Gasteiger partial charge is 0.468 e. The zero-order valence-corrected chi connectivity index (χ0v) is 14.3. The molecule has 2 aromatic rings. The number of esters is 1. The van der Waals surface area contributed by atoms with Crippen molar-refractivity contribution in [3.05, 3.63) is 23.8 Å². The second kappa shape index (κ2) is 8.08. The summed E-state index contributed by atoms with van der Waals surface area (Å²) in [6.45, 7) is 0.490. The van der Waals surface area contributed by atoms with Gasteiger partial charge in [0.15, 0.2) is 0 Å². The fraction of sp³-hybridized carbons (Fsp3) is 0.400. The fourth-order valence-electron chi connectivity index (χ4n) is 2.09. The Morgan fingerprint density at radius 2 is 2.00 bits per heavy atom. The molecule has 1 aromatic carbocycles. The van der Waals surface area contributed by atoms with E-state index in [1.807, 2.05) is 0 Å². The molecular formula is C15H20N6O4. The highest BCUT2D eigenvalue weighted by molar-refractivity contribution is 5.97. The predicted molar refractivity (Wildman–Crippen MR) is 89.0 cm³/mol. The molecular weight excluding hydrogens is 328 g/mol. The molecule has 0 aliphatic heterocycles. The molecule has 0 radical (unpaired) electrons. The van der Waals surface area contributed by atoms with Crippen LogP contribution in [0.3, 0.4) is 0 Å². The number of aromatic nitrogens is 3. The number of urea groups is 1. The highest BCUT2D eigenvalue weighted by Gasteiger charge is 2.12. The SMILES string of the molecule is COC(=O)CNC(=O)NCCn1nnc2cc(C(=O)N(C)C)ccc21. The van der Waals surface area contributed by atoms with E-state index in [9.17, 15) is 14.4 Å². The third kappa shape index (κ3) is 4.66. The van der Waals surface area contributed by atoms with Gasteiger partial charge in [0.05, 0.1) is 19.2 Å². The molecule has 0 saturated carbocycles. The second-order valence-corrected chi connectivity index (χ2v) is 5.40. The van der Waals surface area contributed by atoms with E-state index < -0.39 is 12.0 Å². The number of nitrogens with one attached hydrogen (secondary N) is 2. The van der Waals surface area contributed by atoms with Crippen LogP contribution in [0, 0.1) is 0 Å². The minimum atomic E-state index is -0.527. The number of hydrogen-bond acceptors (Lipinski definition) is 6. The second-order valence-electron chi connectivity index (χ2n) is 5.40. The zero-order valence-electron chi connectivity index (χ0n) is 14.3. The van der Waals surface area contributed by atoms with Crippen LogP contribution in [0.4, 0.5) is 4.79 Å². The van der Waals surface area contributed by atoms with Gasteiger partial charge in [0, 0.05) is 26.2 Å². The van der Waals surface area contributed by atoms with Gasteiger partial charge in [0.1, 0.15) is 12.1 Å². The van der Waals surface area contributed by atoms with E-state index in [0.29, 0.717) is 24.2 Å². The normalized spacial score (nSPS) is 10.4. The van der Waals surface area contributed by atoms with Crippen LogP contribution in [-0.4, -0.2) is 72.1 Å². The summed E-state index contributed by atoms with van der Waals surface area (Å²) in [7, 11) is 4.61. The maximum Gasteiger partial charge on any atom is 0.325 e. The van der Waals surface area contributed by atoms with Crippen LogP contribution in [0.1, 0.15) is 10.4 Å². The molecule has 0 spiro atoms. The fourth-order valence-corrected chi connectivity index (χ4v) is 2.09. The Kier molecular flexibility index (Phi) is 5.88. The van der Waals surface area contributed by atoms with Gasteiger partial charge in [-0.2, -0.15) is 0 Å². The minimum absolute atomic E-state index is 0.111. The number of methoxy groups -OCH3 is 1. The summed E-state index contributed by atoms with van der Waals surface area (Å²) in [5, 5.41) is 13.0. The van der Waals surface area contributed by atoms with Crippen molar-refractivity contribution < 1.29 is 19.1 Å². The van der Waals surface area contributed by atoms with Crippen molar-refractivity contribution >= 4 is 28.9 Å². The van der Waals surface area contributed by atoms with Crippen molar-refractivity contribution in [2.45, 2.75) is 6.54 Å². The van der Waals surface area contributed by atoms with E-state index in [1.54, 1.807) is 37.0 Å². The molecule has 2 rings (SSSR count). The molecule has 0 bridgehead atoms. The third-order valence-electron chi connectivity index (χ3n) is 3.40. The summed E-state index contributed by atoms with van der Waals surface area (Å²) in [4.78, 5) is 35.9. The molecule has 10 heteroatoms. The molecule has 0 fully saturated rings. The van der Waals surface area contributed by atoms with Crippen LogP contribution < -0.4 is 10.6 Å². The number of benzene rings is 1. The highest BCUT2D eigenvalue weighted by Crippen LogP contribution is 2.14. The first kappa shape index (κ1) is 18.2. The van der Waals surface area contributed by atoms with Crippen LogP contribution in [0.15, 0.2) is 18.2 Å². The summed E-state index contributed by atoms with van der Waals surface area (Å²) in [6, 6.07) is 4.68. The van der Waals surface area contributed by atoms with E-state index in [1.165, 1.54) is 12.0 Å². The number of nitrogens with zero attached hydrogens (tertiary/aromatic N) is 4. The van der Waals surface area contributed by atoms with E-state index in [2.05, 4.69) is 25.7 Å². The van der Waals surface area contributed by atoms with Crippen molar-refractivity contribution in [3.63, 3.8) is 0 Å². The summed E-state index contributed by atoms with van der Waals surface area (Å²) in [5.74, 6) is -0.638. The molecule has 1 heterocycles. The van der Waals surface area contributed by atoms with Gasteiger partial charge in [-0.15, -0.1) is 5.10 Å². The number of fused-ring (bicyclic) bond motifs is 1. The van der Waals surface area contributed by atoms with Gasteiger partial charge in [-0.1, -0.05) is 5.21 Å². The van der Waals surface area contributed by atoms with Gasteiger partial charge in [0.25, 0.3) is 5.91 Å². The topological polar surface area (TPSA) is 118 Å². The van der Waals surface area contributed by atoms with Crippen molar-refractivity contribution in [3.8, 4) is 0 Å². The van der Waals surface area contributed by atoms with Crippen molar-refractivity contribution in [1.29, 1.82) is 0 Å². The Hall–Kier alpha value is -3.17. The average molecular weight is 348 g/mol. The Morgan fingerprint density at radius 3 is 2.68 bits per heavy atom. The Balaban J connectivity index is 1.93. The molecule has 0 saturated heterocycles. The van der Waals surface area contributed by atoms with Crippen molar-refractivity contribution in [2.24, 2.45) is 0 Å². The number of rotatable bonds is 6. The van der Waals surface area contributed by atoms with Gasteiger partial charge in [-0.05, 0) is 18.2 Å². The minimum Gasteiger partial charge on any atom is -0.468 e. The monoisotopic (exact) mass is 348 g/mol. The first-order valence-corrected chi connectivity index (χ1v) is 7.55. The van der Waals surface area contributed by atoms with E-state index in [0.717, 1.165) is 5.52 Å². The lowest BCUT2D eigenvalue weighted by atomic mass is 10.2. The maximum atomic E-state index is 12.0. The van der Waals surface area contributed by atoms with Gasteiger partial charge in [-0.3, -0.25) is 9.59 Å². The lowest BCUT2D eigenvalue weighted by Gasteiger charge is -2.10. The third-order valence-corrected chi connectivity index (χ3v) is 3.40. The predicted octanol–water partition coefficient (Wildman–Crippen LogP) is -0.395. The molecule has 2 N–H and O–H groups in total. The quantitative estimate of drug-likeness (QED) is 0.686. The number of hydrogen-bond donors (Lipinski definition) is 2. The van der Waals surface area contributed by atoms with Gasteiger partial charge < -0.3 is 20.3 Å². The first-order chi connectivity index (χ1) is 11.9. The molecule has 3 amide bonds. The Labute approximate surface area is 144 Å². The Morgan fingerprint density at radius 1 is 1.24 bits per heavy atom. The number of carbonyl (C=O) groups excluding carboxylic acids is 3. The average Bonchev–Trinajstić information content (AvgIpc) is 3.01. The number of ether oxygens (including phenoxy) is 1. The van der Waals surface area contributed by atoms with Crippen molar-refractivity contribution in [1.82, 2.24) is 30.5 Å². The smallest absolute Gasteiger partial charge is 0.325 e. The lowest BCUT2D eigenvalue weighted by molar-refractivity contribution is -0.139. The van der Waals surface area contributed by atoms with E-state index in [-0.39, 0.29) is 12.5 Å². The molecule has 0 aliphatic rings. The first-order valence-electron chi connectivity index (χ1n) is 7.55. The van der Waals surface area contributed by atoms with Crippen LogP contribution in [0.5, 0.6) is 0 Å². The van der Waals surface area contributed by atoms with Crippen LogP contribution in [0.25, 0.3) is 11.0 Å². The van der Waals surface area contributed by atoms with Crippen LogP contribution in [-0.2, 0) is 16.1 Å². The summed E-state index contributed by atoms with van der Waals surface area (Å²) < 4.78 is 6.05. The standard InChI is InChI=1S/C15H20N6O4/c1-20(2)14(23)10-4-5-12-11(8-10)18-19-21(12)7-6-16-15(24)17-9-13(22)25-3/h4-5,8H,6-7,9H2,1-3H3,(H2,16,17,24). The maximum absolute atomic E-state index is 12.0. The molecule has 0 aliphatic carbocycles. The lowest BCUT2D eigenvalue weighted by Crippen LogP contribution is -2.40. The summed E-state index contributed by atoms with van der Waals surface area (Å²) in [5.41, 5.74) is 1.89.